The van der Waals surface area contributed by atoms with Crippen molar-refractivity contribution in [2.75, 3.05) is 0 Å². The molecule has 2 heterocycles. The Morgan fingerprint density at radius 1 is 1.05 bits per heavy atom. The molecule has 3 rings (SSSR count). The molecule has 1 fully saturated rings. The summed E-state index contributed by atoms with van der Waals surface area (Å²) in [4.78, 5) is 12.5. The van der Waals surface area contributed by atoms with Crippen molar-refractivity contribution >= 4 is 0 Å². The quantitative estimate of drug-likeness (QED) is 0.830. The van der Waals surface area contributed by atoms with Crippen LogP contribution in [0.1, 0.15) is 43.9 Å². The molecule has 0 aliphatic heterocycles. The second-order valence-electron chi connectivity index (χ2n) is 4.84. The first-order valence-electron chi connectivity index (χ1n) is 6.63. The van der Waals surface area contributed by atoms with Crippen LogP contribution >= 0.6 is 0 Å². The van der Waals surface area contributed by atoms with Gasteiger partial charge in [0.15, 0.2) is 0 Å². The van der Waals surface area contributed by atoms with Crippen LogP contribution in [0.4, 0.5) is 0 Å². The summed E-state index contributed by atoms with van der Waals surface area (Å²) in [7, 11) is 0. The largest absolute Gasteiger partial charge is 0.392 e. The van der Waals surface area contributed by atoms with Crippen molar-refractivity contribution < 1.29 is 9.63 Å². The molecule has 100 valence electrons. The van der Waals surface area contributed by atoms with Gasteiger partial charge in [0.05, 0.1) is 12.0 Å². The molecule has 1 aliphatic rings. The predicted octanol–water partition coefficient (Wildman–Crippen LogP) is 1.94. The topological polar surface area (TPSA) is 84.9 Å². The van der Waals surface area contributed by atoms with Gasteiger partial charge in [-0.3, -0.25) is 0 Å². The van der Waals surface area contributed by atoms with Gasteiger partial charge in [0, 0.05) is 12.4 Å². The highest BCUT2D eigenvalue weighted by atomic mass is 16.5. The molecule has 1 aliphatic carbocycles. The molecular formula is C13H16N4O2. The Kier molecular flexibility index (Phi) is 3.50. The van der Waals surface area contributed by atoms with E-state index in [0.717, 1.165) is 32.1 Å². The molecule has 2 unspecified atom stereocenters. The maximum Gasteiger partial charge on any atom is 0.240 e. The molecule has 0 radical (unpaired) electrons. The third-order valence-corrected chi connectivity index (χ3v) is 3.50. The Balaban J connectivity index is 1.84. The number of hydrogen-bond acceptors (Lipinski definition) is 6. The Morgan fingerprint density at radius 2 is 1.84 bits per heavy atom. The summed E-state index contributed by atoms with van der Waals surface area (Å²) in [5, 5.41) is 14.0. The highest BCUT2D eigenvalue weighted by Gasteiger charge is 2.28. The van der Waals surface area contributed by atoms with Crippen molar-refractivity contribution in [1.82, 2.24) is 20.1 Å². The van der Waals surface area contributed by atoms with E-state index in [0.29, 0.717) is 17.5 Å². The highest BCUT2D eigenvalue weighted by molar-refractivity contribution is 5.40. The molecule has 1 N–H and O–H groups in total. The second-order valence-corrected chi connectivity index (χ2v) is 4.84. The lowest BCUT2D eigenvalue weighted by Gasteiger charge is -2.15. The summed E-state index contributed by atoms with van der Waals surface area (Å²) >= 11 is 0. The molecule has 2 atom stereocenters. The van der Waals surface area contributed by atoms with Crippen LogP contribution in [-0.4, -0.2) is 31.3 Å². The molecule has 19 heavy (non-hydrogen) atoms. The maximum atomic E-state index is 10.1. The third-order valence-electron chi connectivity index (χ3n) is 3.50. The van der Waals surface area contributed by atoms with Crippen LogP contribution in [0, 0.1) is 0 Å². The van der Waals surface area contributed by atoms with Gasteiger partial charge >= 0.3 is 0 Å². The summed E-state index contributed by atoms with van der Waals surface area (Å²) in [5.74, 6) is 1.26. The number of aliphatic hydroxyl groups is 1. The third kappa shape index (κ3) is 2.63. The van der Waals surface area contributed by atoms with Gasteiger partial charge in [-0.2, -0.15) is 4.98 Å². The van der Waals surface area contributed by atoms with E-state index < -0.39 is 6.10 Å². The van der Waals surface area contributed by atoms with Gasteiger partial charge < -0.3 is 9.63 Å². The molecule has 0 amide bonds. The molecule has 0 aromatic carbocycles. The van der Waals surface area contributed by atoms with Crippen LogP contribution in [0.15, 0.2) is 23.0 Å². The van der Waals surface area contributed by atoms with Crippen molar-refractivity contribution in [2.24, 2.45) is 0 Å². The van der Waals surface area contributed by atoms with Gasteiger partial charge in [-0.05, 0) is 18.9 Å². The lowest BCUT2D eigenvalue weighted by molar-refractivity contribution is 0.119. The zero-order valence-corrected chi connectivity index (χ0v) is 10.6. The van der Waals surface area contributed by atoms with Crippen LogP contribution in [0.2, 0.25) is 0 Å². The smallest absolute Gasteiger partial charge is 0.240 e. The summed E-state index contributed by atoms with van der Waals surface area (Å²) in [5.41, 5.74) is 0. The zero-order valence-electron chi connectivity index (χ0n) is 10.6. The predicted molar refractivity (Wildman–Crippen MR) is 67.2 cm³/mol. The van der Waals surface area contributed by atoms with E-state index in [1.807, 2.05) is 0 Å². The number of hydrogen-bond donors (Lipinski definition) is 1. The first-order valence-corrected chi connectivity index (χ1v) is 6.63. The van der Waals surface area contributed by atoms with E-state index in [9.17, 15) is 5.11 Å². The summed E-state index contributed by atoms with van der Waals surface area (Å²) in [6, 6.07) is 1.74. The highest BCUT2D eigenvalue weighted by Crippen LogP contribution is 2.31. The standard InChI is InChI=1S/C13H16N4O2/c18-10-6-3-1-2-5-9(10)13-16-12(17-19-13)11-14-7-4-8-15-11/h4,7-10,18H,1-3,5-6H2. The van der Waals surface area contributed by atoms with E-state index in [4.69, 9.17) is 4.52 Å². The molecule has 2 aromatic rings. The van der Waals surface area contributed by atoms with Crippen molar-refractivity contribution in [3.05, 3.63) is 24.4 Å². The Bertz CT molecular complexity index is 528. The molecule has 1 saturated carbocycles. The monoisotopic (exact) mass is 260 g/mol. The number of rotatable bonds is 2. The first-order chi connectivity index (χ1) is 9.34. The fourth-order valence-electron chi connectivity index (χ4n) is 2.47. The molecule has 0 spiro atoms. The Morgan fingerprint density at radius 3 is 2.68 bits per heavy atom. The summed E-state index contributed by atoms with van der Waals surface area (Å²) in [6.45, 7) is 0. The van der Waals surface area contributed by atoms with Crippen molar-refractivity contribution in [3.8, 4) is 11.6 Å². The van der Waals surface area contributed by atoms with E-state index in [1.54, 1.807) is 18.5 Å². The Labute approximate surface area is 110 Å². The number of aliphatic hydroxyl groups excluding tert-OH is 1. The van der Waals surface area contributed by atoms with Crippen LogP contribution in [0.25, 0.3) is 11.6 Å². The zero-order chi connectivity index (χ0) is 13.1. The van der Waals surface area contributed by atoms with Crippen molar-refractivity contribution in [1.29, 1.82) is 0 Å². The lowest BCUT2D eigenvalue weighted by atomic mass is 9.97. The van der Waals surface area contributed by atoms with Crippen molar-refractivity contribution in [3.63, 3.8) is 0 Å². The maximum absolute atomic E-state index is 10.1. The van der Waals surface area contributed by atoms with E-state index in [-0.39, 0.29) is 5.92 Å². The SMILES string of the molecule is OC1CCCCCC1c1nc(-c2ncccn2)no1. The normalized spacial score (nSPS) is 24.1. The molecular weight excluding hydrogens is 244 g/mol. The minimum atomic E-state index is -0.396. The van der Waals surface area contributed by atoms with Crippen LogP contribution in [0.3, 0.4) is 0 Å². The van der Waals surface area contributed by atoms with Gasteiger partial charge in [0.25, 0.3) is 0 Å². The van der Waals surface area contributed by atoms with Crippen molar-refractivity contribution in [2.45, 2.75) is 44.1 Å². The summed E-state index contributed by atoms with van der Waals surface area (Å²) < 4.78 is 5.28. The van der Waals surface area contributed by atoms with Gasteiger partial charge in [-0.15, -0.1) is 0 Å². The number of aromatic nitrogens is 4. The number of nitrogens with zero attached hydrogens (tertiary/aromatic N) is 4. The Hall–Kier alpha value is -1.82. The fourth-order valence-corrected chi connectivity index (χ4v) is 2.47. The van der Waals surface area contributed by atoms with Crippen LogP contribution in [-0.2, 0) is 0 Å². The van der Waals surface area contributed by atoms with Gasteiger partial charge in [-0.25, -0.2) is 9.97 Å². The molecule has 6 nitrogen and oxygen atoms in total. The van der Waals surface area contributed by atoms with E-state index in [1.165, 1.54) is 0 Å². The van der Waals surface area contributed by atoms with Gasteiger partial charge in [0.2, 0.25) is 17.5 Å². The minimum Gasteiger partial charge on any atom is -0.392 e. The molecule has 0 bridgehead atoms. The molecule has 2 aromatic heterocycles. The lowest BCUT2D eigenvalue weighted by Crippen LogP contribution is -2.17. The molecule has 0 saturated heterocycles. The minimum absolute atomic E-state index is 0.0625. The van der Waals surface area contributed by atoms with Crippen LogP contribution < -0.4 is 0 Å². The second kappa shape index (κ2) is 5.44. The average molecular weight is 260 g/mol. The fraction of sp³-hybridized carbons (Fsp3) is 0.538. The average Bonchev–Trinajstić information content (AvgIpc) is 2.83. The first kappa shape index (κ1) is 12.2. The van der Waals surface area contributed by atoms with Crippen LogP contribution in [0.5, 0.6) is 0 Å². The van der Waals surface area contributed by atoms with Gasteiger partial charge in [0.1, 0.15) is 0 Å². The summed E-state index contributed by atoms with van der Waals surface area (Å²) in [6.07, 6.45) is 7.85. The van der Waals surface area contributed by atoms with Gasteiger partial charge in [-0.1, -0.05) is 24.4 Å². The van der Waals surface area contributed by atoms with E-state index in [2.05, 4.69) is 20.1 Å². The van der Waals surface area contributed by atoms with E-state index >= 15 is 0 Å². The molecule has 6 heteroatoms.